The highest BCUT2D eigenvalue weighted by atomic mass is 19.3. The average molecular weight is 286 g/mol. The van der Waals surface area contributed by atoms with Gasteiger partial charge in [0.15, 0.2) is 0 Å². The van der Waals surface area contributed by atoms with Crippen LogP contribution in [0.5, 0.6) is 11.5 Å². The predicted molar refractivity (Wildman–Crippen MR) is 67.8 cm³/mol. The van der Waals surface area contributed by atoms with Crippen LogP contribution in [-0.4, -0.2) is 18.4 Å². The zero-order valence-corrected chi connectivity index (χ0v) is 11.5. The van der Waals surface area contributed by atoms with Crippen molar-refractivity contribution in [1.82, 2.24) is 0 Å². The number of alkyl halides is 2. The minimum absolute atomic E-state index is 0.0372. The molecule has 1 rings (SSSR count). The van der Waals surface area contributed by atoms with Crippen LogP contribution in [0, 0.1) is 5.41 Å². The summed E-state index contributed by atoms with van der Waals surface area (Å²) in [7, 11) is 0. The minimum Gasteiger partial charge on any atom is -0.426 e. The number of esters is 2. The van der Waals surface area contributed by atoms with Gasteiger partial charge in [0.05, 0.1) is 5.41 Å². The second-order valence-electron chi connectivity index (χ2n) is 4.82. The fourth-order valence-corrected chi connectivity index (χ4v) is 1.13. The molecule has 0 fully saturated rings. The van der Waals surface area contributed by atoms with Crippen molar-refractivity contribution in [2.24, 2.45) is 5.41 Å². The fraction of sp³-hybridized carbons (Fsp3) is 0.429. The van der Waals surface area contributed by atoms with E-state index in [4.69, 9.17) is 4.74 Å². The summed E-state index contributed by atoms with van der Waals surface area (Å²) >= 11 is 0. The standard InChI is InChI=1S/C14H16F2O4/c1-4-14(2,3)13(18)20-10-7-5-9(6-8-10)19-12(17)11(15)16/h5-8,11H,4H2,1-3H3. The number of ether oxygens (including phenoxy) is 2. The topological polar surface area (TPSA) is 52.6 Å². The molecule has 1 aromatic carbocycles. The van der Waals surface area contributed by atoms with E-state index in [1.807, 2.05) is 6.92 Å². The monoisotopic (exact) mass is 286 g/mol. The number of rotatable bonds is 5. The molecule has 0 aliphatic rings. The van der Waals surface area contributed by atoms with E-state index in [0.29, 0.717) is 6.42 Å². The van der Waals surface area contributed by atoms with Gasteiger partial charge in [-0.05, 0) is 44.5 Å². The molecule has 20 heavy (non-hydrogen) atoms. The van der Waals surface area contributed by atoms with Gasteiger partial charge in [0.1, 0.15) is 11.5 Å². The molecule has 110 valence electrons. The molecule has 1 aromatic rings. The van der Waals surface area contributed by atoms with Crippen LogP contribution in [0.25, 0.3) is 0 Å². The number of carbonyl (C=O) groups is 2. The van der Waals surface area contributed by atoms with E-state index in [1.54, 1.807) is 13.8 Å². The Bertz CT molecular complexity index is 480. The molecule has 0 unspecified atom stereocenters. The Morgan fingerprint density at radius 2 is 1.55 bits per heavy atom. The Morgan fingerprint density at radius 1 is 1.10 bits per heavy atom. The van der Waals surface area contributed by atoms with Crippen LogP contribution in [0.2, 0.25) is 0 Å². The summed E-state index contributed by atoms with van der Waals surface area (Å²) in [6.45, 7) is 5.39. The van der Waals surface area contributed by atoms with Crippen molar-refractivity contribution in [2.45, 2.75) is 33.6 Å². The minimum atomic E-state index is -3.18. The first-order valence-corrected chi connectivity index (χ1v) is 6.08. The number of hydrogen-bond acceptors (Lipinski definition) is 4. The zero-order chi connectivity index (χ0) is 15.3. The molecule has 0 bridgehead atoms. The Kier molecular flexibility index (Phi) is 5.19. The molecule has 0 atom stereocenters. The number of halogens is 2. The Labute approximate surface area is 115 Å². The lowest BCUT2D eigenvalue weighted by Crippen LogP contribution is -2.28. The van der Waals surface area contributed by atoms with E-state index < -0.39 is 23.8 Å². The van der Waals surface area contributed by atoms with Crippen molar-refractivity contribution in [3.05, 3.63) is 24.3 Å². The maximum absolute atomic E-state index is 12.0. The highest BCUT2D eigenvalue weighted by molar-refractivity contribution is 5.78. The Morgan fingerprint density at radius 3 is 1.95 bits per heavy atom. The highest BCUT2D eigenvalue weighted by Crippen LogP contribution is 2.25. The van der Waals surface area contributed by atoms with E-state index >= 15 is 0 Å². The maximum atomic E-state index is 12.0. The van der Waals surface area contributed by atoms with Gasteiger partial charge in [-0.1, -0.05) is 6.92 Å². The quantitative estimate of drug-likeness (QED) is 0.616. The molecule has 0 N–H and O–H groups in total. The van der Waals surface area contributed by atoms with Crippen LogP contribution in [0.1, 0.15) is 27.2 Å². The smallest absolute Gasteiger partial charge is 0.379 e. The first-order valence-electron chi connectivity index (χ1n) is 6.08. The van der Waals surface area contributed by atoms with Gasteiger partial charge in [-0.2, -0.15) is 8.78 Å². The number of benzene rings is 1. The van der Waals surface area contributed by atoms with Gasteiger partial charge < -0.3 is 9.47 Å². The Hall–Kier alpha value is -1.98. The van der Waals surface area contributed by atoms with Gasteiger partial charge in [0.2, 0.25) is 0 Å². The molecule has 0 aliphatic carbocycles. The summed E-state index contributed by atoms with van der Waals surface area (Å²) < 4.78 is 33.5. The molecule has 0 radical (unpaired) electrons. The van der Waals surface area contributed by atoms with E-state index in [2.05, 4.69) is 4.74 Å². The van der Waals surface area contributed by atoms with E-state index in [0.717, 1.165) is 0 Å². The third kappa shape index (κ3) is 4.29. The largest absolute Gasteiger partial charge is 0.426 e. The second-order valence-corrected chi connectivity index (χ2v) is 4.82. The summed E-state index contributed by atoms with van der Waals surface area (Å²) in [6.07, 6.45) is -2.56. The van der Waals surface area contributed by atoms with Crippen molar-refractivity contribution in [3.8, 4) is 11.5 Å². The molecule has 0 aromatic heterocycles. The molecule has 0 spiro atoms. The molecule has 4 nitrogen and oxygen atoms in total. The van der Waals surface area contributed by atoms with Crippen molar-refractivity contribution >= 4 is 11.9 Å². The van der Waals surface area contributed by atoms with Crippen LogP contribution in [0.4, 0.5) is 8.78 Å². The summed E-state index contributed by atoms with van der Waals surface area (Å²) in [6, 6.07) is 5.30. The van der Waals surface area contributed by atoms with Crippen molar-refractivity contribution in [3.63, 3.8) is 0 Å². The third-order valence-electron chi connectivity index (χ3n) is 2.87. The summed E-state index contributed by atoms with van der Waals surface area (Å²) in [5, 5.41) is 0. The lowest BCUT2D eigenvalue weighted by Gasteiger charge is -2.20. The van der Waals surface area contributed by atoms with Gasteiger partial charge in [-0.3, -0.25) is 4.79 Å². The molecule has 6 heteroatoms. The lowest BCUT2D eigenvalue weighted by atomic mass is 9.91. The molecule has 0 aliphatic heterocycles. The molecule has 0 saturated carbocycles. The van der Waals surface area contributed by atoms with Crippen LogP contribution in [0.3, 0.4) is 0 Å². The van der Waals surface area contributed by atoms with Gasteiger partial charge in [0.25, 0.3) is 0 Å². The normalized spacial score (nSPS) is 11.3. The molecule has 0 saturated heterocycles. The second kappa shape index (κ2) is 6.45. The van der Waals surface area contributed by atoms with Gasteiger partial charge in [0, 0.05) is 0 Å². The number of hydrogen-bond donors (Lipinski definition) is 0. The van der Waals surface area contributed by atoms with Crippen LogP contribution < -0.4 is 9.47 Å². The summed E-state index contributed by atoms with van der Waals surface area (Å²) in [4.78, 5) is 22.5. The molecular formula is C14H16F2O4. The van der Waals surface area contributed by atoms with Crippen LogP contribution >= 0.6 is 0 Å². The van der Waals surface area contributed by atoms with Gasteiger partial charge in [-0.25, -0.2) is 4.79 Å². The SMILES string of the molecule is CCC(C)(C)C(=O)Oc1ccc(OC(=O)C(F)F)cc1. The maximum Gasteiger partial charge on any atom is 0.379 e. The van der Waals surface area contributed by atoms with E-state index in [1.165, 1.54) is 24.3 Å². The molecule has 0 heterocycles. The zero-order valence-electron chi connectivity index (χ0n) is 11.5. The molecule has 0 amide bonds. The average Bonchev–Trinajstić information content (AvgIpc) is 2.40. The summed E-state index contributed by atoms with van der Waals surface area (Å²) in [5.41, 5.74) is -0.610. The fourth-order valence-electron chi connectivity index (χ4n) is 1.13. The van der Waals surface area contributed by atoms with Crippen LogP contribution in [-0.2, 0) is 9.59 Å². The van der Waals surface area contributed by atoms with E-state index in [-0.39, 0.29) is 11.5 Å². The highest BCUT2D eigenvalue weighted by Gasteiger charge is 2.27. The lowest BCUT2D eigenvalue weighted by molar-refractivity contribution is -0.146. The van der Waals surface area contributed by atoms with Crippen molar-refractivity contribution in [2.75, 3.05) is 0 Å². The first-order chi connectivity index (χ1) is 9.26. The van der Waals surface area contributed by atoms with Gasteiger partial charge >= 0.3 is 18.4 Å². The summed E-state index contributed by atoms with van der Waals surface area (Å²) in [5.74, 6) is -1.79. The van der Waals surface area contributed by atoms with Crippen LogP contribution in [0.15, 0.2) is 24.3 Å². The third-order valence-corrected chi connectivity index (χ3v) is 2.87. The van der Waals surface area contributed by atoms with Gasteiger partial charge in [-0.15, -0.1) is 0 Å². The van der Waals surface area contributed by atoms with Crippen molar-refractivity contribution in [1.29, 1.82) is 0 Å². The van der Waals surface area contributed by atoms with Crippen molar-refractivity contribution < 1.29 is 27.8 Å². The van der Waals surface area contributed by atoms with E-state index in [9.17, 15) is 18.4 Å². The molecular weight excluding hydrogens is 270 g/mol. The Balaban J connectivity index is 2.68. The predicted octanol–water partition coefficient (Wildman–Crippen LogP) is 3.20. The number of carbonyl (C=O) groups excluding carboxylic acids is 2. The first kappa shape index (κ1) is 16.1.